The van der Waals surface area contributed by atoms with E-state index in [0.717, 1.165) is 17.5 Å². The number of ether oxygens (including phenoxy) is 1. The first-order chi connectivity index (χ1) is 8.42. The highest BCUT2D eigenvalue weighted by atomic mass is 32.2. The first kappa shape index (κ1) is 15.0. The van der Waals surface area contributed by atoms with E-state index in [0.29, 0.717) is 18.9 Å². The summed E-state index contributed by atoms with van der Waals surface area (Å²) in [5.74, 6) is 0.431. The van der Waals surface area contributed by atoms with Gasteiger partial charge in [-0.3, -0.25) is 0 Å². The second-order valence-electron chi connectivity index (χ2n) is 4.23. The molecule has 1 aromatic carbocycles. The first-order valence-corrected chi connectivity index (χ1v) is 7.64. The zero-order valence-electron chi connectivity index (χ0n) is 11.4. The molecule has 0 amide bonds. The van der Waals surface area contributed by atoms with Crippen molar-refractivity contribution in [2.45, 2.75) is 39.0 Å². The third kappa shape index (κ3) is 3.46. The highest BCUT2D eigenvalue weighted by Crippen LogP contribution is 2.27. The van der Waals surface area contributed by atoms with E-state index in [9.17, 15) is 8.42 Å². The highest BCUT2D eigenvalue weighted by molar-refractivity contribution is 7.89. The summed E-state index contributed by atoms with van der Waals surface area (Å²) in [7, 11) is -3.49. The minimum Gasteiger partial charge on any atom is -0.492 e. The molecule has 0 saturated carbocycles. The minimum atomic E-state index is -3.49. The maximum absolute atomic E-state index is 12.1. The van der Waals surface area contributed by atoms with Crippen LogP contribution < -0.4 is 9.46 Å². The molecule has 1 rings (SSSR count). The van der Waals surface area contributed by atoms with E-state index < -0.39 is 10.0 Å². The van der Waals surface area contributed by atoms with Crippen molar-refractivity contribution in [2.75, 3.05) is 13.2 Å². The second-order valence-corrected chi connectivity index (χ2v) is 5.97. The van der Waals surface area contributed by atoms with Crippen LogP contribution in [-0.2, 0) is 10.0 Å². The predicted octanol–water partition coefficient (Wildman–Crippen LogP) is 2.39. The Morgan fingerprint density at radius 3 is 2.33 bits per heavy atom. The molecule has 0 spiro atoms. The van der Waals surface area contributed by atoms with Crippen molar-refractivity contribution in [2.24, 2.45) is 0 Å². The van der Waals surface area contributed by atoms with Crippen LogP contribution in [-0.4, -0.2) is 21.6 Å². The Balaban J connectivity index is 3.27. The van der Waals surface area contributed by atoms with Crippen LogP contribution >= 0.6 is 0 Å². The van der Waals surface area contributed by atoms with Gasteiger partial charge in [-0.05, 0) is 43.5 Å². The largest absolute Gasteiger partial charge is 0.492 e. The summed E-state index contributed by atoms with van der Waals surface area (Å²) < 4.78 is 32.2. The van der Waals surface area contributed by atoms with E-state index in [1.165, 1.54) is 0 Å². The minimum absolute atomic E-state index is 0.223. The number of benzene rings is 1. The lowest BCUT2D eigenvalue weighted by molar-refractivity contribution is 0.309. The smallest absolute Gasteiger partial charge is 0.244 e. The van der Waals surface area contributed by atoms with Crippen molar-refractivity contribution < 1.29 is 13.2 Å². The average Bonchev–Trinajstić information content (AvgIpc) is 2.30. The normalized spacial score (nSPS) is 11.6. The van der Waals surface area contributed by atoms with Gasteiger partial charge in [0.2, 0.25) is 10.0 Å². The van der Waals surface area contributed by atoms with Crippen molar-refractivity contribution in [3.8, 4) is 5.75 Å². The molecule has 102 valence electrons. The number of sulfonamides is 1. The van der Waals surface area contributed by atoms with Crippen molar-refractivity contribution in [3.05, 3.63) is 23.3 Å². The summed E-state index contributed by atoms with van der Waals surface area (Å²) in [5.41, 5.74) is 1.96. The van der Waals surface area contributed by atoms with Crippen molar-refractivity contribution in [1.82, 2.24) is 4.72 Å². The predicted molar refractivity (Wildman–Crippen MR) is 72.6 cm³/mol. The highest BCUT2D eigenvalue weighted by Gasteiger charge is 2.19. The van der Waals surface area contributed by atoms with E-state index in [1.807, 2.05) is 20.8 Å². The van der Waals surface area contributed by atoms with Gasteiger partial charge in [-0.2, -0.15) is 0 Å². The maximum atomic E-state index is 12.1. The molecule has 0 fully saturated rings. The fourth-order valence-electron chi connectivity index (χ4n) is 1.57. The lowest BCUT2D eigenvalue weighted by Gasteiger charge is -2.14. The summed E-state index contributed by atoms with van der Waals surface area (Å²) in [4.78, 5) is 0.223. The lowest BCUT2D eigenvalue weighted by atomic mass is 10.1. The van der Waals surface area contributed by atoms with E-state index in [2.05, 4.69) is 4.72 Å². The zero-order chi connectivity index (χ0) is 13.8. The Kier molecular flexibility index (Phi) is 5.16. The molecule has 0 aliphatic carbocycles. The van der Waals surface area contributed by atoms with Gasteiger partial charge in [-0.15, -0.1) is 0 Å². The lowest BCUT2D eigenvalue weighted by Crippen LogP contribution is -2.24. The Morgan fingerprint density at radius 2 is 1.78 bits per heavy atom. The number of hydrogen-bond acceptors (Lipinski definition) is 3. The van der Waals surface area contributed by atoms with Gasteiger partial charge in [-0.1, -0.05) is 13.8 Å². The SMILES string of the molecule is CCCOc1cc(C)c(C)cc1S(=O)(=O)NCC. The van der Waals surface area contributed by atoms with Crippen LogP contribution in [0.5, 0.6) is 5.75 Å². The molecule has 1 aromatic rings. The Bertz CT molecular complexity index is 509. The molecule has 0 unspecified atom stereocenters. The van der Waals surface area contributed by atoms with Crippen molar-refractivity contribution in [3.63, 3.8) is 0 Å². The first-order valence-electron chi connectivity index (χ1n) is 6.16. The Hall–Kier alpha value is -1.07. The van der Waals surface area contributed by atoms with Gasteiger partial charge < -0.3 is 4.74 Å². The Labute approximate surface area is 109 Å². The molecule has 0 saturated heterocycles. The molecule has 5 heteroatoms. The van der Waals surface area contributed by atoms with Gasteiger partial charge in [-0.25, -0.2) is 13.1 Å². The summed E-state index contributed by atoms with van der Waals surface area (Å²) >= 11 is 0. The van der Waals surface area contributed by atoms with Crippen LogP contribution in [0.1, 0.15) is 31.4 Å². The van der Waals surface area contributed by atoms with Crippen LogP contribution in [0.25, 0.3) is 0 Å². The van der Waals surface area contributed by atoms with Crippen LogP contribution in [0.4, 0.5) is 0 Å². The fraction of sp³-hybridized carbons (Fsp3) is 0.538. The number of aryl methyl sites for hydroxylation is 2. The molecule has 0 radical (unpaired) electrons. The maximum Gasteiger partial charge on any atom is 0.244 e. The third-order valence-electron chi connectivity index (χ3n) is 2.65. The molecule has 4 nitrogen and oxygen atoms in total. The van der Waals surface area contributed by atoms with Gasteiger partial charge in [0.25, 0.3) is 0 Å². The molecule has 0 aliphatic rings. The van der Waals surface area contributed by atoms with Gasteiger partial charge in [0.15, 0.2) is 0 Å². The molecule has 18 heavy (non-hydrogen) atoms. The topological polar surface area (TPSA) is 55.4 Å². The van der Waals surface area contributed by atoms with E-state index in [4.69, 9.17) is 4.74 Å². The summed E-state index contributed by atoms with van der Waals surface area (Å²) in [6.45, 7) is 8.45. The molecule has 0 heterocycles. The second kappa shape index (κ2) is 6.20. The third-order valence-corrected chi connectivity index (χ3v) is 4.21. The molecule has 0 aliphatic heterocycles. The van der Waals surface area contributed by atoms with Crippen LogP contribution in [0.15, 0.2) is 17.0 Å². The van der Waals surface area contributed by atoms with Crippen molar-refractivity contribution in [1.29, 1.82) is 0 Å². The van der Waals surface area contributed by atoms with Gasteiger partial charge in [0.05, 0.1) is 6.61 Å². The summed E-state index contributed by atoms with van der Waals surface area (Å²) in [6, 6.07) is 3.45. The van der Waals surface area contributed by atoms with E-state index >= 15 is 0 Å². The molecular weight excluding hydrogens is 250 g/mol. The molecular formula is C13H21NO3S. The van der Waals surface area contributed by atoms with E-state index in [1.54, 1.807) is 19.1 Å². The standard InChI is InChI=1S/C13H21NO3S/c1-5-7-17-12-8-10(3)11(4)9-13(12)18(15,16)14-6-2/h8-9,14H,5-7H2,1-4H3. The van der Waals surface area contributed by atoms with E-state index in [-0.39, 0.29) is 4.90 Å². The van der Waals surface area contributed by atoms with Crippen LogP contribution in [0.3, 0.4) is 0 Å². The van der Waals surface area contributed by atoms with Gasteiger partial charge >= 0.3 is 0 Å². The average molecular weight is 271 g/mol. The quantitative estimate of drug-likeness (QED) is 0.864. The Morgan fingerprint density at radius 1 is 1.17 bits per heavy atom. The zero-order valence-corrected chi connectivity index (χ0v) is 12.2. The molecule has 0 bridgehead atoms. The summed E-state index contributed by atoms with van der Waals surface area (Å²) in [6.07, 6.45) is 0.841. The van der Waals surface area contributed by atoms with Gasteiger partial charge in [0.1, 0.15) is 10.6 Å². The molecule has 1 N–H and O–H groups in total. The van der Waals surface area contributed by atoms with Gasteiger partial charge in [0, 0.05) is 6.54 Å². The molecule has 0 atom stereocenters. The van der Waals surface area contributed by atoms with Crippen LogP contribution in [0, 0.1) is 13.8 Å². The monoisotopic (exact) mass is 271 g/mol. The fourth-order valence-corrected chi connectivity index (χ4v) is 2.82. The van der Waals surface area contributed by atoms with Crippen LogP contribution in [0.2, 0.25) is 0 Å². The number of nitrogens with one attached hydrogen (secondary N) is 1. The molecule has 0 aromatic heterocycles. The number of hydrogen-bond donors (Lipinski definition) is 1. The summed E-state index contributed by atoms with van der Waals surface area (Å²) in [5, 5.41) is 0. The van der Waals surface area contributed by atoms with Crippen molar-refractivity contribution >= 4 is 10.0 Å². The number of rotatable bonds is 6.